The molecule has 0 radical (unpaired) electrons. The summed E-state index contributed by atoms with van der Waals surface area (Å²) in [4.78, 5) is 12.4. The van der Waals surface area contributed by atoms with E-state index in [2.05, 4.69) is 5.32 Å². The lowest BCUT2D eigenvalue weighted by Crippen LogP contribution is -2.13. The number of methoxy groups -OCH3 is 2. The normalized spacial score (nSPS) is 10.0. The molecule has 21 heavy (non-hydrogen) atoms. The van der Waals surface area contributed by atoms with E-state index in [1.165, 1.54) is 7.11 Å². The second-order valence-corrected chi connectivity index (χ2v) is 4.62. The summed E-state index contributed by atoms with van der Waals surface area (Å²) >= 11 is 5.79. The lowest BCUT2D eigenvalue weighted by molar-refractivity contribution is 0.102. The van der Waals surface area contributed by atoms with Crippen molar-refractivity contribution in [1.29, 1.82) is 0 Å². The van der Waals surface area contributed by atoms with Gasteiger partial charge in [-0.15, -0.1) is 11.6 Å². The zero-order valence-electron chi connectivity index (χ0n) is 11.9. The lowest BCUT2D eigenvalue weighted by atomic mass is 10.1. The molecule has 0 aromatic heterocycles. The molecule has 1 amide bonds. The van der Waals surface area contributed by atoms with Gasteiger partial charge in [-0.3, -0.25) is 4.79 Å². The van der Waals surface area contributed by atoms with E-state index < -0.39 is 0 Å². The minimum atomic E-state index is -0.266. The van der Waals surface area contributed by atoms with Crippen molar-refractivity contribution in [3.8, 4) is 11.5 Å². The van der Waals surface area contributed by atoms with E-state index in [9.17, 15) is 4.79 Å². The summed E-state index contributed by atoms with van der Waals surface area (Å²) in [6.07, 6.45) is 0. The first kappa shape index (κ1) is 15.2. The molecule has 5 heteroatoms. The third-order valence-corrected chi connectivity index (χ3v) is 3.30. The Bertz CT molecular complexity index is 643. The summed E-state index contributed by atoms with van der Waals surface area (Å²) in [5.41, 5.74) is 2.03. The van der Waals surface area contributed by atoms with Crippen LogP contribution in [-0.2, 0) is 5.88 Å². The summed E-state index contributed by atoms with van der Waals surface area (Å²) in [6, 6.07) is 12.5. The van der Waals surface area contributed by atoms with Crippen molar-refractivity contribution in [2.45, 2.75) is 5.88 Å². The molecule has 110 valence electrons. The maximum Gasteiger partial charge on any atom is 0.259 e. The maximum absolute atomic E-state index is 12.4. The minimum Gasteiger partial charge on any atom is -0.497 e. The molecule has 0 atom stereocenters. The summed E-state index contributed by atoms with van der Waals surface area (Å²) in [5.74, 6) is 1.21. The van der Waals surface area contributed by atoms with E-state index in [0.29, 0.717) is 28.6 Å². The molecule has 0 fully saturated rings. The van der Waals surface area contributed by atoms with Crippen molar-refractivity contribution in [3.05, 3.63) is 53.6 Å². The highest BCUT2D eigenvalue weighted by Gasteiger charge is 2.14. The zero-order valence-corrected chi connectivity index (χ0v) is 12.6. The average molecular weight is 306 g/mol. The van der Waals surface area contributed by atoms with Crippen LogP contribution in [0.25, 0.3) is 0 Å². The third-order valence-electron chi connectivity index (χ3n) is 2.99. The summed E-state index contributed by atoms with van der Waals surface area (Å²) in [6.45, 7) is 0. The topological polar surface area (TPSA) is 47.6 Å². The number of alkyl halides is 1. The molecule has 0 saturated carbocycles. The van der Waals surface area contributed by atoms with Crippen LogP contribution in [0.15, 0.2) is 42.5 Å². The van der Waals surface area contributed by atoms with Crippen LogP contribution < -0.4 is 14.8 Å². The number of carbonyl (C=O) groups is 1. The second-order valence-electron chi connectivity index (χ2n) is 4.35. The molecular formula is C16H16ClNO3. The molecule has 0 unspecified atom stereocenters. The van der Waals surface area contributed by atoms with Crippen LogP contribution in [0.4, 0.5) is 5.69 Å². The fourth-order valence-electron chi connectivity index (χ4n) is 1.92. The molecule has 4 nitrogen and oxygen atoms in total. The average Bonchev–Trinajstić information content (AvgIpc) is 2.54. The highest BCUT2D eigenvalue weighted by Crippen LogP contribution is 2.25. The molecule has 2 rings (SSSR count). The van der Waals surface area contributed by atoms with E-state index in [0.717, 1.165) is 5.56 Å². The Hall–Kier alpha value is -2.20. The Morgan fingerprint density at radius 2 is 1.95 bits per heavy atom. The van der Waals surface area contributed by atoms with Gasteiger partial charge in [0.25, 0.3) is 5.91 Å². The predicted molar refractivity (Wildman–Crippen MR) is 83.5 cm³/mol. The van der Waals surface area contributed by atoms with Crippen molar-refractivity contribution in [2.75, 3.05) is 19.5 Å². The molecule has 0 spiro atoms. The number of anilines is 1. The van der Waals surface area contributed by atoms with Crippen molar-refractivity contribution in [1.82, 2.24) is 0 Å². The first-order valence-electron chi connectivity index (χ1n) is 6.36. The first-order valence-corrected chi connectivity index (χ1v) is 6.89. The van der Waals surface area contributed by atoms with Gasteiger partial charge in [-0.05, 0) is 35.9 Å². The van der Waals surface area contributed by atoms with E-state index in [4.69, 9.17) is 21.1 Å². The number of benzene rings is 2. The number of ether oxygens (including phenoxy) is 2. The number of rotatable bonds is 5. The second kappa shape index (κ2) is 6.99. The van der Waals surface area contributed by atoms with Gasteiger partial charge in [0.05, 0.1) is 19.8 Å². The molecule has 2 aromatic carbocycles. The van der Waals surface area contributed by atoms with E-state index in [1.54, 1.807) is 31.4 Å². The standard InChI is InChI=1S/C16H16ClNO3/c1-20-13-6-7-15(21-2)14(9-13)16(19)18-12-5-3-4-11(8-12)10-17/h3-9H,10H2,1-2H3,(H,18,19). The van der Waals surface area contributed by atoms with Crippen LogP contribution >= 0.6 is 11.6 Å². The van der Waals surface area contributed by atoms with Crippen molar-refractivity contribution < 1.29 is 14.3 Å². The minimum absolute atomic E-state index is 0.266. The van der Waals surface area contributed by atoms with Gasteiger partial charge in [-0.2, -0.15) is 0 Å². The van der Waals surface area contributed by atoms with Gasteiger partial charge in [-0.25, -0.2) is 0 Å². The lowest BCUT2D eigenvalue weighted by Gasteiger charge is -2.11. The summed E-state index contributed by atoms with van der Waals surface area (Å²) in [5, 5.41) is 2.83. The van der Waals surface area contributed by atoms with Gasteiger partial charge in [0.2, 0.25) is 0 Å². The number of halogens is 1. The number of nitrogens with one attached hydrogen (secondary N) is 1. The number of hydrogen-bond donors (Lipinski definition) is 1. The van der Waals surface area contributed by atoms with E-state index in [1.807, 2.05) is 18.2 Å². The van der Waals surface area contributed by atoms with Gasteiger partial charge < -0.3 is 14.8 Å². The molecule has 0 saturated heterocycles. The van der Waals surface area contributed by atoms with Crippen molar-refractivity contribution in [2.24, 2.45) is 0 Å². The monoisotopic (exact) mass is 305 g/mol. The fraction of sp³-hybridized carbons (Fsp3) is 0.188. The Morgan fingerprint density at radius 1 is 1.14 bits per heavy atom. The van der Waals surface area contributed by atoms with Crippen LogP contribution in [0.1, 0.15) is 15.9 Å². The predicted octanol–water partition coefficient (Wildman–Crippen LogP) is 3.69. The molecule has 2 aromatic rings. The largest absolute Gasteiger partial charge is 0.497 e. The van der Waals surface area contributed by atoms with Gasteiger partial charge in [0.1, 0.15) is 11.5 Å². The maximum atomic E-state index is 12.4. The van der Waals surface area contributed by atoms with Gasteiger partial charge >= 0.3 is 0 Å². The van der Waals surface area contributed by atoms with Crippen LogP contribution in [0, 0.1) is 0 Å². The summed E-state index contributed by atoms with van der Waals surface area (Å²) in [7, 11) is 3.07. The summed E-state index contributed by atoms with van der Waals surface area (Å²) < 4.78 is 10.3. The Balaban J connectivity index is 2.26. The zero-order chi connectivity index (χ0) is 15.2. The van der Waals surface area contributed by atoms with Crippen LogP contribution in [0.2, 0.25) is 0 Å². The highest BCUT2D eigenvalue weighted by molar-refractivity contribution is 6.17. The van der Waals surface area contributed by atoms with Gasteiger partial charge in [0.15, 0.2) is 0 Å². The van der Waals surface area contributed by atoms with Crippen LogP contribution in [0.3, 0.4) is 0 Å². The quantitative estimate of drug-likeness (QED) is 0.857. The van der Waals surface area contributed by atoms with Crippen LogP contribution in [0.5, 0.6) is 11.5 Å². The Morgan fingerprint density at radius 3 is 2.62 bits per heavy atom. The molecule has 1 N–H and O–H groups in total. The number of amides is 1. The molecular weight excluding hydrogens is 290 g/mol. The Labute approximate surface area is 128 Å². The first-order chi connectivity index (χ1) is 10.2. The SMILES string of the molecule is COc1ccc(OC)c(C(=O)Nc2cccc(CCl)c2)c1. The van der Waals surface area contributed by atoms with E-state index >= 15 is 0 Å². The third kappa shape index (κ3) is 3.67. The molecule has 0 aliphatic rings. The van der Waals surface area contributed by atoms with E-state index in [-0.39, 0.29) is 5.91 Å². The molecule has 0 heterocycles. The molecule has 0 aliphatic heterocycles. The Kier molecular flexibility index (Phi) is 5.06. The molecule has 0 aliphatic carbocycles. The number of carbonyl (C=O) groups excluding carboxylic acids is 1. The van der Waals surface area contributed by atoms with Crippen molar-refractivity contribution in [3.63, 3.8) is 0 Å². The van der Waals surface area contributed by atoms with Crippen molar-refractivity contribution >= 4 is 23.2 Å². The molecule has 0 bridgehead atoms. The van der Waals surface area contributed by atoms with Crippen LogP contribution in [-0.4, -0.2) is 20.1 Å². The number of hydrogen-bond acceptors (Lipinski definition) is 3. The highest BCUT2D eigenvalue weighted by atomic mass is 35.5. The van der Waals surface area contributed by atoms with Gasteiger partial charge in [0, 0.05) is 11.6 Å². The smallest absolute Gasteiger partial charge is 0.259 e. The fourth-order valence-corrected chi connectivity index (χ4v) is 2.09. The van der Waals surface area contributed by atoms with Gasteiger partial charge in [-0.1, -0.05) is 12.1 Å².